The molecule has 0 fully saturated rings. The molecule has 2 rings (SSSR count). The van der Waals surface area contributed by atoms with E-state index in [1.54, 1.807) is 6.07 Å². The number of pyridine rings is 1. The number of amides is 2. The number of carbonyl (C=O) groups is 3. The van der Waals surface area contributed by atoms with Crippen LogP contribution < -0.4 is 10.6 Å². The third kappa shape index (κ3) is 8.68. The van der Waals surface area contributed by atoms with Gasteiger partial charge < -0.3 is 10.6 Å². The van der Waals surface area contributed by atoms with Crippen LogP contribution in [0.2, 0.25) is 10.0 Å². The molecule has 2 amide bonds. The molecule has 0 unspecified atom stereocenters. The van der Waals surface area contributed by atoms with E-state index in [0.29, 0.717) is 15.7 Å². The zero-order valence-electron chi connectivity index (χ0n) is 16.4. The Morgan fingerprint density at radius 3 is 2.41 bits per heavy atom. The van der Waals surface area contributed by atoms with E-state index in [0.717, 1.165) is 11.8 Å². The molecule has 0 radical (unpaired) electrons. The topological polar surface area (TPSA) is 88.2 Å². The van der Waals surface area contributed by atoms with Crippen LogP contribution in [0.3, 0.4) is 0 Å². The third-order valence-corrected chi connectivity index (χ3v) is 5.49. The molecular weight excluding hydrogens is 490 g/mol. The summed E-state index contributed by atoms with van der Waals surface area (Å²) in [5, 5.41) is 5.81. The van der Waals surface area contributed by atoms with Gasteiger partial charge in [0.25, 0.3) is 5.91 Å². The largest absolute Gasteiger partial charge is 0.450 e. The first-order valence-corrected chi connectivity index (χ1v) is 11.1. The van der Waals surface area contributed by atoms with Crippen molar-refractivity contribution in [2.24, 2.45) is 0 Å². The molecule has 0 aliphatic carbocycles. The molecule has 0 saturated heterocycles. The van der Waals surface area contributed by atoms with Crippen molar-refractivity contribution in [2.45, 2.75) is 25.1 Å². The van der Waals surface area contributed by atoms with E-state index in [-0.39, 0.29) is 24.2 Å². The molecule has 172 valence electrons. The minimum absolute atomic E-state index is 0.124. The van der Waals surface area contributed by atoms with Gasteiger partial charge in [0.1, 0.15) is 6.04 Å². The Kier molecular flexibility index (Phi) is 9.80. The maximum absolute atomic E-state index is 12.8. The number of carbonyl (C=O) groups excluding carboxylic acids is 3. The van der Waals surface area contributed by atoms with Crippen LogP contribution in [0.15, 0.2) is 42.7 Å². The van der Waals surface area contributed by atoms with Crippen molar-refractivity contribution in [3.05, 3.63) is 58.3 Å². The number of thioether (sulfide) groups is 1. The molecule has 6 nitrogen and oxygen atoms in total. The van der Waals surface area contributed by atoms with Gasteiger partial charge in [-0.15, -0.1) is 0 Å². The number of hydrogen-bond acceptors (Lipinski definition) is 5. The third-order valence-electron chi connectivity index (χ3n) is 4.01. The molecule has 2 aromatic rings. The number of anilines is 1. The molecule has 12 heteroatoms. The molecule has 0 bridgehead atoms. The summed E-state index contributed by atoms with van der Waals surface area (Å²) in [7, 11) is 0. The minimum Gasteiger partial charge on any atom is -0.340 e. The zero-order valence-corrected chi connectivity index (χ0v) is 18.7. The SMILES string of the molecule is O=C(N[C@@H](CCCSCC(=O)C(F)(F)F)C(=O)Nc1cc(Cl)cc(Cl)c1)c1cccnc1. The molecular formula is C20H18Cl2F3N3O3S. The van der Waals surface area contributed by atoms with Crippen molar-refractivity contribution in [1.82, 2.24) is 10.3 Å². The van der Waals surface area contributed by atoms with E-state index in [4.69, 9.17) is 23.2 Å². The van der Waals surface area contributed by atoms with Crippen LogP contribution in [0, 0.1) is 0 Å². The number of benzene rings is 1. The number of alkyl halides is 3. The molecule has 0 spiro atoms. The summed E-state index contributed by atoms with van der Waals surface area (Å²) in [5.74, 6) is -3.43. The Bertz CT molecular complexity index is 942. The summed E-state index contributed by atoms with van der Waals surface area (Å²) in [6, 6.07) is 6.52. The highest BCUT2D eigenvalue weighted by Gasteiger charge is 2.37. The summed E-state index contributed by atoms with van der Waals surface area (Å²) in [4.78, 5) is 40.0. The smallest absolute Gasteiger partial charge is 0.340 e. The van der Waals surface area contributed by atoms with Gasteiger partial charge in [0.2, 0.25) is 11.7 Å². The Hall–Kier alpha value is -2.30. The van der Waals surface area contributed by atoms with Crippen LogP contribution in [0.1, 0.15) is 23.2 Å². The average molecular weight is 508 g/mol. The van der Waals surface area contributed by atoms with E-state index >= 15 is 0 Å². The van der Waals surface area contributed by atoms with Crippen molar-refractivity contribution >= 4 is 58.2 Å². The zero-order chi connectivity index (χ0) is 23.7. The first-order valence-electron chi connectivity index (χ1n) is 9.22. The monoisotopic (exact) mass is 507 g/mol. The van der Waals surface area contributed by atoms with Gasteiger partial charge >= 0.3 is 6.18 Å². The normalized spacial score (nSPS) is 12.2. The Labute approximate surface area is 196 Å². The molecule has 1 aromatic carbocycles. The van der Waals surface area contributed by atoms with Gasteiger partial charge in [-0.05, 0) is 48.9 Å². The Balaban J connectivity index is 2.01. The number of Topliss-reactive ketones (excluding diaryl/α,β-unsaturated/α-hetero) is 1. The molecule has 1 heterocycles. The first-order chi connectivity index (χ1) is 15.1. The fourth-order valence-corrected chi connectivity index (χ4v) is 3.89. The lowest BCUT2D eigenvalue weighted by atomic mass is 10.1. The van der Waals surface area contributed by atoms with Gasteiger partial charge in [-0.2, -0.15) is 24.9 Å². The fourth-order valence-electron chi connectivity index (χ4n) is 2.50. The predicted octanol–water partition coefficient (Wildman–Crippen LogP) is 4.77. The van der Waals surface area contributed by atoms with Crippen LogP contribution in [0.5, 0.6) is 0 Å². The van der Waals surface area contributed by atoms with E-state index in [1.807, 2.05) is 0 Å². The summed E-state index contributed by atoms with van der Waals surface area (Å²) in [6.45, 7) is 0. The van der Waals surface area contributed by atoms with Gasteiger partial charge in [0.15, 0.2) is 0 Å². The van der Waals surface area contributed by atoms with E-state index in [2.05, 4.69) is 15.6 Å². The molecule has 1 aromatic heterocycles. The lowest BCUT2D eigenvalue weighted by molar-refractivity contribution is -0.167. The molecule has 1 atom stereocenters. The maximum Gasteiger partial charge on any atom is 0.450 e. The van der Waals surface area contributed by atoms with Gasteiger partial charge in [-0.1, -0.05) is 23.2 Å². The fraction of sp³-hybridized carbons (Fsp3) is 0.300. The van der Waals surface area contributed by atoms with Gasteiger partial charge in [-0.25, -0.2) is 0 Å². The molecule has 0 aliphatic heterocycles. The van der Waals surface area contributed by atoms with Crippen LogP contribution in [0.4, 0.5) is 18.9 Å². The predicted molar refractivity (Wildman–Crippen MR) is 118 cm³/mol. The summed E-state index contributed by atoms with van der Waals surface area (Å²) < 4.78 is 36.8. The lowest BCUT2D eigenvalue weighted by Gasteiger charge is -2.19. The molecule has 0 aliphatic rings. The van der Waals surface area contributed by atoms with Crippen molar-refractivity contribution in [2.75, 3.05) is 16.8 Å². The van der Waals surface area contributed by atoms with Gasteiger partial charge in [0.05, 0.1) is 11.3 Å². The van der Waals surface area contributed by atoms with Crippen LogP contribution in [-0.4, -0.2) is 46.3 Å². The van der Waals surface area contributed by atoms with E-state index in [9.17, 15) is 27.6 Å². The number of hydrogen-bond donors (Lipinski definition) is 2. The van der Waals surface area contributed by atoms with E-state index < -0.39 is 35.6 Å². The van der Waals surface area contributed by atoms with Crippen molar-refractivity contribution < 1.29 is 27.6 Å². The highest BCUT2D eigenvalue weighted by molar-refractivity contribution is 7.99. The summed E-state index contributed by atoms with van der Waals surface area (Å²) in [5.41, 5.74) is 0.555. The number of aromatic nitrogens is 1. The van der Waals surface area contributed by atoms with Crippen molar-refractivity contribution in [3.8, 4) is 0 Å². The maximum atomic E-state index is 12.8. The van der Waals surface area contributed by atoms with Crippen LogP contribution in [0.25, 0.3) is 0 Å². The van der Waals surface area contributed by atoms with Crippen LogP contribution >= 0.6 is 35.0 Å². The number of nitrogens with zero attached hydrogens (tertiary/aromatic N) is 1. The summed E-state index contributed by atoms with van der Waals surface area (Å²) >= 11 is 12.7. The second kappa shape index (κ2) is 12.1. The number of ketones is 1. The minimum atomic E-state index is -4.87. The lowest BCUT2D eigenvalue weighted by Crippen LogP contribution is -2.44. The Morgan fingerprint density at radius 2 is 1.81 bits per heavy atom. The van der Waals surface area contributed by atoms with Crippen molar-refractivity contribution in [1.29, 1.82) is 0 Å². The second-order valence-corrected chi connectivity index (χ2v) is 8.51. The van der Waals surface area contributed by atoms with E-state index in [1.165, 1.54) is 36.7 Å². The average Bonchev–Trinajstić information content (AvgIpc) is 2.71. The van der Waals surface area contributed by atoms with Crippen molar-refractivity contribution in [3.63, 3.8) is 0 Å². The number of nitrogens with one attached hydrogen (secondary N) is 2. The molecule has 32 heavy (non-hydrogen) atoms. The standard InChI is InChI=1S/C20H18Cl2F3N3O3S/c21-13-7-14(22)9-15(8-13)27-19(31)16(28-18(30)12-3-1-5-26-10-12)4-2-6-32-11-17(29)20(23,24)25/h1,3,5,7-10,16H,2,4,6,11H2,(H,27,31)(H,28,30)/t16-/m0/s1. The Morgan fingerprint density at radius 1 is 1.12 bits per heavy atom. The highest BCUT2D eigenvalue weighted by atomic mass is 35.5. The summed E-state index contributed by atoms with van der Waals surface area (Å²) in [6.07, 6.45) is -1.65. The van der Waals surface area contributed by atoms with Crippen LogP contribution in [-0.2, 0) is 9.59 Å². The molecule has 0 saturated carbocycles. The second-order valence-electron chi connectivity index (χ2n) is 6.53. The first kappa shape index (κ1) is 26.0. The molecule has 2 N–H and O–H groups in total. The van der Waals surface area contributed by atoms with Gasteiger partial charge in [0, 0.05) is 28.1 Å². The quantitative estimate of drug-likeness (QED) is 0.452. The highest BCUT2D eigenvalue weighted by Crippen LogP contribution is 2.23. The number of rotatable bonds is 10. The number of halogens is 5. The van der Waals surface area contributed by atoms with Gasteiger partial charge in [-0.3, -0.25) is 19.4 Å².